The van der Waals surface area contributed by atoms with Gasteiger partial charge in [0.05, 0.1) is 5.92 Å². The summed E-state index contributed by atoms with van der Waals surface area (Å²) in [5, 5.41) is 22.5. The molecule has 152 valence electrons. The first kappa shape index (κ1) is 21.2. The van der Waals surface area contributed by atoms with Gasteiger partial charge in [0.2, 0.25) is 0 Å². The van der Waals surface area contributed by atoms with Crippen molar-refractivity contribution >= 4 is 28.3 Å². The van der Waals surface area contributed by atoms with Crippen molar-refractivity contribution in [3.05, 3.63) is 76.8 Å². The molecule has 3 rings (SSSR count). The van der Waals surface area contributed by atoms with Crippen molar-refractivity contribution in [3.63, 3.8) is 0 Å². The van der Waals surface area contributed by atoms with E-state index in [-0.39, 0.29) is 17.6 Å². The summed E-state index contributed by atoms with van der Waals surface area (Å²) in [4.78, 5) is 11.3. The maximum atomic E-state index is 11.3. The maximum Gasteiger partial charge on any atom is 0.306 e. The van der Waals surface area contributed by atoms with Crippen LogP contribution < -0.4 is 0 Å². The summed E-state index contributed by atoms with van der Waals surface area (Å²) in [6.45, 7) is 1.92. The van der Waals surface area contributed by atoms with Crippen molar-refractivity contribution in [1.29, 1.82) is 0 Å². The highest BCUT2D eigenvalue weighted by Gasteiger charge is 2.21. The number of aliphatic carboxylic acids is 1. The van der Waals surface area contributed by atoms with E-state index in [0.29, 0.717) is 17.9 Å². The standard InChI is InChI=1S/C25H27ClO3/c1-2-17(25(28)29)10-6-7-13-19(18-11-4-3-5-12-18)22-16-23(26)20-14-8-9-15-21(20)24(22)27/h3-5,8-9,11-12,14-17,19,27H,2,6-7,10,13H2,1H3,(H,28,29). The minimum atomic E-state index is -0.717. The van der Waals surface area contributed by atoms with Gasteiger partial charge in [-0.1, -0.05) is 86.0 Å². The lowest BCUT2D eigenvalue weighted by Gasteiger charge is -2.21. The van der Waals surface area contributed by atoms with Gasteiger partial charge in [0, 0.05) is 27.3 Å². The van der Waals surface area contributed by atoms with Gasteiger partial charge >= 0.3 is 5.97 Å². The van der Waals surface area contributed by atoms with E-state index < -0.39 is 5.97 Å². The largest absolute Gasteiger partial charge is 0.507 e. The number of hydrogen-bond acceptors (Lipinski definition) is 2. The number of hydrogen-bond donors (Lipinski definition) is 2. The first-order valence-corrected chi connectivity index (χ1v) is 10.6. The molecule has 0 aliphatic rings. The van der Waals surface area contributed by atoms with Gasteiger partial charge in [-0.2, -0.15) is 0 Å². The zero-order valence-electron chi connectivity index (χ0n) is 16.6. The van der Waals surface area contributed by atoms with Crippen LogP contribution in [0.2, 0.25) is 5.02 Å². The minimum absolute atomic E-state index is 0.00297. The van der Waals surface area contributed by atoms with Crippen LogP contribution >= 0.6 is 11.6 Å². The Balaban J connectivity index is 1.88. The van der Waals surface area contributed by atoms with Crippen molar-refractivity contribution in [2.45, 2.75) is 44.9 Å². The smallest absolute Gasteiger partial charge is 0.306 e. The summed E-state index contributed by atoms with van der Waals surface area (Å²) in [5.74, 6) is -0.723. The number of carbonyl (C=O) groups is 1. The third-order valence-electron chi connectivity index (χ3n) is 5.71. The lowest BCUT2D eigenvalue weighted by atomic mass is 9.84. The van der Waals surface area contributed by atoms with Crippen LogP contribution in [0.25, 0.3) is 10.8 Å². The van der Waals surface area contributed by atoms with E-state index in [1.807, 2.05) is 55.5 Å². The number of rotatable bonds is 9. The van der Waals surface area contributed by atoms with Crippen molar-refractivity contribution in [2.24, 2.45) is 5.92 Å². The monoisotopic (exact) mass is 410 g/mol. The average Bonchev–Trinajstić information content (AvgIpc) is 2.74. The molecule has 0 spiro atoms. The van der Waals surface area contributed by atoms with Crippen LogP contribution in [0.1, 0.15) is 56.1 Å². The van der Waals surface area contributed by atoms with Crippen molar-refractivity contribution in [2.75, 3.05) is 0 Å². The van der Waals surface area contributed by atoms with Crippen LogP contribution in [0.5, 0.6) is 5.75 Å². The fourth-order valence-corrected chi connectivity index (χ4v) is 4.31. The fraction of sp³-hybridized carbons (Fsp3) is 0.320. The van der Waals surface area contributed by atoms with Gasteiger partial charge in [-0.15, -0.1) is 0 Å². The predicted molar refractivity (Wildman–Crippen MR) is 119 cm³/mol. The van der Waals surface area contributed by atoms with Crippen LogP contribution in [0.4, 0.5) is 0 Å². The third kappa shape index (κ3) is 4.91. The molecule has 0 aliphatic carbocycles. The lowest BCUT2D eigenvalue weighted by Crippen LogP contribution is -2.12. The summed E-state index contributed by atoms with van der Waals surface area (Å²) in [6.07, 6.45) is 3.88. The number of fused-ring (bicyclic) bond motifs is 1. The number of carboxylic acids is 1. The molecular weight excluding hydrogens is 384 g/mol. The predicted octanol–water partition coefficient (Wildman–Crippen LogP) is 7.00. The van der Waals surface area contributed by atoms with Gasteiger partial charge in [0.25, 0.3) is 0 Å². The van der Waals surface area contributed by atoms with Crippen LogP contribution in [0, 0.1) is 5.92 Å². The van der Waals surface area contributed by atoms with Crippen LogP contribution in [-0.2, 0) is 4.79 Å². The van der Waals surface area contributed by atoms with Crippen molar-refractivity contribution < 1.29 is 15.0 Å². The van der Waals surface area contributed by atoms with E-state index >= 15 is 0 Å². The molecule has 3 aromatic rings. The molecule has 0 fully saturated rings. The Hall–Kier alpha value is -2.52. The number of halogens is 1. The molecule has 0 bridgehead atoms. The molecule has 3 aromatic carbocycles. The summed E-state index contributed by atoms with van der Waals surface area (Å²) in [6, 6.07) is 19.6. The molecule has 0 saturated heterocycles. The molecule has 2 N–H and O–H groups in total. The van der Waals surface area contributed by atoms with E-state index in [0.717, 1.165) is 41.2 Å². The molecule has 2 unspecified atom stereocenters. The highest BCUT2D eigenvalue weighted by atomic mass is 35.5. The topological polar surface area (TPSA) is 57.5 Å². The van der Waals surface area contributed by atoms with Gasteiger partial charge in [-0.3, -0.25) is 4.79 Å². The Labute approximate surface area is 177 Å². The van der Waals surface area contributed by atoms with Crippen LogP contribution in [-0.4, -0.2) is 16.2 Å². The Kier molecular flexibility index (Phi) is 7.16. The second kappa shape index (κ2) is 9.80. The number of aromatic hydroxyl groups is 1. The first-order valence-electron chi connectivity index (χ1n) is 10.2. The number of phenolic OH excluding ortho intramolecular Hbond substituents is 1. The summed E-state index contributed by atoms with van der Waals surface area (Å²) in [5.41, 5.74) is 1.95. The molecular formula is C25H27ClO3. The molecule has 0 aliphatic heterocycles. The minimum Gasteiger partial charge on any atom is -0.507 e. The molecule has 4 heteroatoms. The Morgan fingerprint density at radius 3 is 2.24 bits per heavy atom. The first-order chi connectivity index (χ1) is 14.0. The van der Waals surface area contributed by atoms with Crippen molar-refractivity contribution in [3.8, 4) is 5.75 Å². The normalized spacial score (nSPS) is 13.3. The van der Waals surface area contributed by atoms with Crippen molar-refractivity contribution in [1.82, 2.24) is 0 Å². The second-order valence-electron chi connectivity index (χ2n) is 7.53. The highest BCUT2D eigenvalue weighted by molar-refractivity contribution is 6.36. The average molecular weight is 411 g/mol. The molecule has 0 aromatic heterocycles. The number of unbranched alkanes of at least 4 members (excludes halogenated alkanes) is 1. The van der Waals surface area contributed by atoms with Crippen LogP contribution in [0.15, 0.2) is 60.7 Å². The number of benzene rings is 3. The van der Waals surface area contributed by atoms with Gasteiger partial charge in [0.1, 0.15) is 5.75 Å². The molecule has 0 amide bonds. The second-order valence-corrected chi connectivity index (χ2v) is 7.94. The Morgan fingerprint density at radius 1 is 0.966 bits per heavy atom. The zero-order valence-corrected chi connectivity index (χ0v) is 17.4. The quantitative estimate of drug-likeness (QED) is 0.373. The molecule has 2 atom stereocenters. The molecule has 0 radical (unpaired) electrons. The molecule has 3 nitrogen and oxygen atoms in total. The fourth-order valence-electron chi connectivity index (χ4n) is 4.03. The summed E-state index contributed by atoms with van der Waals surface area (Å²) >= 11 is 6.55. The summed E-state index contributed by atoms with van der Waals surface area (Å²) in [7, 11) is 0. The van der Waals surface area contributed by atoms with E-state index in [1.165, 1.54) is 0 Å². The van der Waals surface area contributed by atoms with Gasteiger partial charge in [-0.05, 0) is 30.9 Å². The molecule has 0 heterocycles. The SMILES string of the molecule is CCC(CCCCC(c1ccccc1)c1cc(Cl)c2ccccc2c1O)C(=O)O. The van der Waals surface area contributed by atoms with E-state index in [9.17, 15) is 15.0 Å². The lowest BCUT2D eigenvalue weighted by molar-refractivity contribution is -0.142. The maximum absolute atomic E-state index is 11.3. The van der Waals surface area contributed by atoms with E-state index in [2.05, 4.69) is 12.1 Å². The number of phenols is 1. The Morgan fingerprint density at radius 2 is 1.59 bits per heavy atom. The number of carboxylic acid groups (broad SMARTS) is 1. The molecule has 0 saturated carbocycles. The zero-order chi connectivity index (χ0) is 20.8. The Bertz CT molecular complexity index is 968. The highest BCUT2D eigenvalue weighted by Crippen LogP contribution is 2.42. The third-order valence-corrected chi connectivity index (χ3v) is 6.02. The van der Waals surface area contributed by atoms with Crippen LogP contribution in [0.3, 0.4) is 0 Å². The van der Waals surface area contributed by atoms with E-state index in [1.54, 1.807) is 0 Å². The van der Waals surface area contributed by atoms with Gasteiger partial charge < -0.3 is 10.2 Å². The van der Waals surface area contributed by atoms with Gasteiger partial charge in [-0.25, -0.2) is 0 Å². The molecule has 29 heavy (non-hydrogen) atoms. The van der Waals surface area contributed by atoms with Gasteiger partial charge in [0.15, 0.2) is 0 Å². The van der Waals surface area contributed by atoms with E-state index in [4.69, 9.17) is 11.6 Å². The summed E-state index contributed by atoms with van der Waals surface area (Å²) < 4.78 is 0.